The minimum absolute atomic E-state index is 0.0201. The summed E-state index contributed by atoms with van der Waals surface area (Å²) in [7, 11) is -10.0. The van der Waals surface area contributed by atoms with Gasteiger partial charge < -0.3 is 29.5 Å². The molecule has 14 nitrogen and oxygen atoms in total. The molecule has 0 bridgehead atoms. The Balaban J connectivity index is 1.25. The average molecular weight is 796 g/mol. The van der Waals surface area contributed by atoms with Crippen LogP contribution in [-0.2, 0) is 24.2 Å². The van der Waals surface area contributed by atoms with Gasteiger partial charge in [-0.2, -0.15) is 9.50 Å². The molecule has 286 valence electrons. The molecule has 21 heteroatoms. The number of halogens is 6. The van der Waals surface area contributed by atoms with Crippen molar-refractivity contribution in [2.24, 2.45) is 0 Å². The summed E-state index contributed by atoms with van der Waals surface area (Å²) in [5, 5.41) is 16.5. The minimum Gasteiger partial charge on any atom is -0.504 e. The number of benzene rings is 2. The minimum atomic E-state index is -10.0. The third-order valence-electron chi connectivity index (χ3n) is 9.16. The number of hydrogen-bond donors (Lipinski definition) is 2. The van der Waals surface area contributed by atoms with Crippen LogP contribution >= 0.6 is 21.8 Å². The van der Waals surface area contributed by atoms with E-state index in [1.54, 1.807) is 24.0 Å². The first-order valence-corrected chi connectivity index (χ1v) is 18.8. The van der Waals surface area contributed by atoms with Gasteiger partial charge in [0.2, 0.25) is 11.7 Å². The molecule has 0 spiro atoms. The van der Waals surface area contributed by atoms with Crippen LogP contribution in [0.1, 0.15) is 34.4 Å². The lowest BCUT2D eigenvalue weighted by Gasteiger charge is -2.40. The number of aromatic hydroxyl groups is 1. The molecular formula is C33H31ClF5N9O5S. The average Bonchev–Trinajstić information content (AvgIpc) is 3.78. The highest BCUT2D eigenvalue weighted by Gasteiger charge is 2.65. The van der Waals surface area contributed by atoms with Crippen molar-refractivity contribution >= 4 is 50.8 Å². The second-order valence-electron chi connectivity index (χ2n) is 12.7. The van der Waals surface area contributed by atoms with Crippen molar-refractivity contribution in [3.63, 3.8) is 0 Å². The largest absolute Gasteiger partial charge is 0.504 e. The molecule has 0 atom stereocenters. The van der Waals surface area contributed by atoms with Gasteiger partial charge in [-0.25, -0.2) is 9.97 Å². The quantitative estimate of drug-likeness (QED) is 0.185. The maximum absolute atomic E-state index is 14.3. The predicted molar refractivity (Wildman–Crippen MR) is 189 cm³/mol. The first-order chi connectivity index (χ1) is 25.3. The zero-order chi connectivity index (χ0) is 38.8. The third kappa shape index (κ3) is 6.86. The van der Waals surface area contributed by atoms with E-state index in [-0.39, 0.29) is 84.8 Å². The molecule has 2 aliphatic rings. The number of fused-ring (bicyclic) bond motifs is 2. The lowest BCUT2D eigenvalue weighted by atomic mass is 10.1. The van der Waals surface area contributed by atoms with Crippen LogP contribution in [0.5, 0.6) is 11.5 Å². The van der Waals surface area contributed by atoms with E-state index in [0.717, 1.165) is 10.1 Å². The Labute approximate surface area is 307 Å². The summed E-state index contributed by atoms with van der Waals surface area (Å²) in [6.45, 7) is 3.84. The summed E-state index contributed by atoms with van der Waals surface area (Å²) in [5.74, 6) is -0.819. The van der Waals surface area contributed by atoms with E-state index in [9.17, 15) is 38.9 Å². The van der Waals surface area contributed by atoms with Crippen LogP contribution in [0, 0.1) is 6.92 Å². The van der Waals surface area contributed by atoms with Crippen LogP contribution in [0.3, 0.4) is 0 Å². The molecule has 2 aliphatic heterocycles. The second-order valence-corrected chi connectivity index (χ2v) is 15.5. The molecule has 0 unspecified atom stereocenters. The van der Waals surface area contributed by atoms with Gasteiger partial charge in [0.15, 0.2) is 17.3 Å². The number of aromatic nitrogens is 6. The van der Waals surface area contributed by atoms with Crippen LogP contribution in [0.15, 0.2) is 52.4 Å². The Morgan fingerprint density at radius 2 is 1.78 bits per heavy atom. The summed E-state index contributed by atoms with van der Waals surface area (Å²) < 4.78 is 75.0. The van der Waals surface area contributed by atoms with Crippen LogP contribution < -0.4 is 20.5 Å². The lowest BCUT2D eigenvalue weighted by molar-refractivity contribution is -0.116. The molecule has 3 aromatic heterocycles. The Kier molecular flexibility index (Phi) is 8.56. The van der Waals surface area contributed by atoms with Crippen LogP contribution in [0.4, 0.5) is 30.8 Å². The Morgan fingerprint density at radius 3 is 2.46 bits per heavy atom. The van der Waals surface area contributed by atoms with E-state index in [4.69, 9.17) is 16.3 Å². The summed E-state index contributed by atoms with van der Waals surface area (Å²) >= 11 is 5.94. The number of carbonyl (C=O) groups is 2. The number of hydrogen-bond acceptors (Lipinski definition) is 10. The molecule has 54 heavy (non-hydrogen) atoms. The zero-order valence-electron chi connectivity index (χ0n) is 28.5. The van der Waals surface area contributed by atoms with E-state index in [0.29, 0.717) is 36.1 Å². The SMILES string of the molecule is CCc1c(N2CCN(C(=O)c3ncnc(C)c3O)CC2)c(=O)n2nc(-c3ccc4c(c3)CCO4)nc2n1CC(=O)Nc1ccc(S(F)(F)(F)(F)F)cc1Cl. The van der Waals surface area contributed by atoms with Crippen molar-refractivity contribution in [2.75, 3.05) is 43.0 Å². The van der Waals surface area contributed by atoms with Crippen LogP contribution in [0.25, 0.3) is 17.2 Å². The highest BCUT2D eigenvalue weighted by molar-refractivity contribution is 8.45. The number of carbonyl (C=O) groups excluding carboxylic acids is 2. The van der Waals surface area contributed by atoms with Crippen molar-refractivity contribution in [2.45, 2.75) is 38.1 Å². The molecular weight excluding hydrogens is 765 g/mol. The normalized spacial score (nSPS) is 15.8. The highest BCUT2D eigenvalue weighted by atomic mass is 35.5. The van der Waals surface area contributed by atoms with E-state index < -0.39 is 44.1 Å². The Bertz CT molecular complexity index is 2440. The number of amides is 2. The predicted octanol–water partition coefficient (Wildman–Crippen LogP) is 5.77. The van der Waals surface area contributed by atoms with E-state index in [1.165, 1.54) is 22.7 Å². The number of ether oxygens (including phenoxy) is 1. The topological polar surface area (TPSA) is 160 Å². The molecule has 5 aromatic rings. The van der Waals surface area contributed by atoms with Crippen LogP contribution in [0.2, 0.25) is 5.02 Å². The number of nitrogens with zero attached hydrogens (tertiary/aromatic N) is 8. The molecule has 2 amide bonds. The fourth-order valence-corrected chi connectivity index (χ4v) is 7.41. The van der Waals surface area contributed by atoms with Crippen molar-refractivity contribution in [3.8, 4) is 22.9 Å². The Morgan fingerprint density at radius 1 is 1.04 bits per heavy atom. The number of piperazine rings is 1. The number of nitrogens with one attached hydrogen (secondary N) is 1. The highest BCUT2D eigenvalue weighted by Crippen LogP contribution is 3.02. The van der Waals surface area contributed by atoms with Crippen molar-refractivity contribution in [3.05, 3.63) is 80.7 Å². The van der Waals surface area contributed by atoms with E-state index in [2.05, 4.69) is 25.4 Å². The van der Waals surface area contributed by atoms with Gasteiger partial charge in [-0.1, -0.05) is 38.0 Å². The summed E-state index contributed by atoms with van der Waals surface area (Å²) in [6, 6.07) is 6.16. The molecule has 5 heterocycles. The number of aryl methyl sites for hydroxylation is 1. The molecule has 7 rings (SSSR count). The first-order valence-electron chi connectivity index (χ1n) is 16.5. The molecule has 2 aromatic carbocycles. The van der Waals surface area contributed by atoms with Gasteiger partial charge in [-0.05, 0) is 55.3 Å². The lowest BCUT2D eigenvalue weighted by Crippen LogP contribution is -2.51. The Hall–Kier alpha value is -5.50. The van der Waals surface area contributed by atoms with Gasteiger partial charge in [0.25, 0.3) is 11.5 Å². The molecule has 0 saturated carbocycles. The van der Waals surface area contributed by atoms with Crippen LogP contribution in [-0.4, -0.2) is 83.7 Å². The summed E-state index contributed by atoms with van der Waals surface area (Å²) in [4.78, 5) is 54.5. The van der Waals surface area contributed by atoms with Crippen molar-refractivity contribution in [1.82, 2.24) is 34.0 Å². The van der Waals surface area contributed by atoms with Gasteiger partial charge in [-0.15, -0.1) is 5.10 Å². The molecule has 1 saturated heterocycles. The first kappa shape index (κ1) is 36.8. The monoisotopic (exact) mass is 795 g/mol. The van der Waals surface area contributed by atoms with Gasteiger partial charge in [0.1, 0.15) is 29.2 Å². The van der Waals surface area contributed by atoms with Gasteiger partial charge >= 0.3 is 10.2 Å². The molecule has 1 fully saturated rings. The molecule has 0 aliphatic carbocycles. The second kappa shape index (κ2) is 12.5. The molecule has 0 radical (unpaired) electrons. The summed E-state index contributed by atoms with van der Waals surface area (Å²) in [6.07, 6.45) is 2.03. The fraction of sp³-hybridized carbons (Fsp3) is 0.303. The van der Waals surface area contributed by atoms with Crippen molar-refractivity contribution in [1.29, 1.82) is 0 Å². The van der Waals surface area contributed by atoms with E-state index in [1.807, 2.05) is 6.07 Å². The zero-order valence-corrected chi connectivity index (χ0v) is 30.1. The van der Waals surface area contributed by atoms with Gasteiger partial charge in [-0.3, -0.25) is 14.4 Å². The standard InChI is InChI=1S/C33H31ClF5N9O5S/c1-3-24-28(45-9-11-46(12-10-45)31(51)27-29(50)18(2)40-17-41-27)32(52)48-33(43-30(44-48)20-4-7-25-19(14-20)8-13-53-25)47(24)16-26(49)42-23-6-5-21(15-22(23)34)54(35,36,37,38)39/h4-7,14-15,17,50H,3,8-13,16H2,1-2H3,(H,42,49). The maximum Gasteiger partial charge on any atom is 0.310 e. The fourth-order valence-electron chi connectivity index (χ4n) is 6.45. The van der Waals surface area contributed by atoms with E-state index >= 15 is 0 Å². The third-order valence-corrected chi connectivity index (χ3v) is 10.6. The maximum atomic E-state index is 14.3. The van der Waals surface area contributed by atoms with Gasteiger partial charge in [0, 0.05) is 38.2 Å². The molecule has 2 N–H and O–H groups in total. The van der Waals surface area contributed by atoms with Gasteiger partial charge in [0.05, 0.1) is 28.7 Å². The smallest absolute Gasteiger partial charge is 0.310 e. The van der Waals surface area contributed by atoms with Crippen molar-refractivity contribution < 1.29 is 38.9 Å². The number of rotatable bonds is 8. The number of anilines is 2. The summed E-state index contributed by atoms with van der Waals surface area (Å²) in [5.41, 5.74) is 1.19.